The van der Waals surface area contributed by atoms with E-state index in [1.165, 1.54) is 16.9 Å². The van der Waals surface area contributed by atoms with Gasteiger partial charge in [0.2, 0.25) is 11.5 Å². The molecular formula is C19H19N5O3. The maximum atomic E-state index is 12.0. The Labute approximate surface area is 155 Å². The van der Waals surface area contributed by atoms with Gasteiger partial charge in [0.15, 0.2) is 0 Å². The van der Waals surface area contributed by atoms with Crippen LogP contribution in [0.4, 0.5) is 5.69 Å². The van der Waals surface area contributed by atoms with Crippen molar-refractivity contribution in [2.75, 3.05) is 11.9 Å². The molecule has 2 aromatic heterocycles. The Bertz CT molecular complexity index is 1030. The van der Waals surface area contributed by atoms with E-state index in [4.69, 9.17) is 0 Å². The summed E-state index contributed by atoms with van der Waals surface area (Å²) in [6.07, 6.45) is 3.18. The molecule has 3 N–H and O–H groups in total. The Morgan fingerprint density at radius 1 is 1.19 bits per heavy atom. The minimum atomic E-state index is -0.367. The molecule has 3 aromatic rings. The van der Waals surface area contributed by atoms with E-state index in [1.807, 2.05) is 19.1 Å². The number of H-pyrrole nitrogens is 1. The van der Waals surface area contributed by atoms with Crippen molar-refractivity contribution in [1.29, 1.82) is 0 Å². The van der Waals surface area contributed by atoms with Gasteiger partial charge in [0.25, 0.3) is 5.91 Å². The minimum Gasteiger partial charge on any atom is -0.342 e. The molecule has 8 nitrogen and oxygen atoms in total. The number of nitrogens with one attached hydrogen (secondary N) is 3. The molecule has 0 aliphatic heterocycles. The van der Waals surface area contributed by atoms with Crippen LogP contribution < -0.4 is 16.2 Å². The predicted molar refractivity (Wildman–Crippen MR) is 101 cm³/mol. The van der Waals surface area contributed by atoms with Gasteiger partial charge in [-0.1, -0.05) is 12.1 Å². The summed E-state index contributed by atoms with van der Waals surface area (Å²) in [7, 11) is 1.65. The normalized spacial score (nSPS) is 10.4. The molecule has 0 aliphatic rings. The number of pyridine rings is 1. The van der Waals surface area contributed by atoms with E-state index >= 15 is 0 Å². The SMILES string of the molecule is Cc1cc(=O)[nH]cc1-c1ccc(NC(=O)CNC(=O)c2ccnn2C)cc1. The number of aryl methyl sites for hydroxylation is 2. The van der Waals surface area contributed by atoms with Crippen LogP contribution in [0.25, 0.3) is 11.1 Å². The van der Waals surface area contributed by atoms with Crippen molar-refractivity contribution in [2.24, 2.45) is 7.05 Å². The third-order valence-corrected chi connectivity index (χ3v) is 4.07. The molecule has 0 saturated carbocycles. The topological polar surface area (TPSA) is 109 Å². The van der Waals surface area contributed by atoms with Gasteiger partial charge in [0.1, 0.15) is 5.69 Å². The highest BCUT2D eigenvalue weighted by molar-refractivity contribution is 5.98. The number of anilines is 1. The number of carbonyl (C=O) groups is 2. The Kier molecular flexibility index (Phi) is 5.16. The molecule has 0 aliphatic carbocycles. The fourth-order valence-electron chi connectivity index (χ4n) is 2.67. The van der Waals surface area contributed by atoms with E-state index < -0.39 is 0 Å². The zero-order chi connectivity index (χ0) is 19.4. The summed E-state index contributed by atoms with van der Waals surface area (Å²) in [5.41, 5.74) is 3.55. The van der Waals surface area contributed by atoms with Crippen LogP contribution in [0.5, 0.6) is 0 Å². The quantitative estimate of drug-likeness (QED) is 0.636. The largest absolute Gasteiger partial charge is 0.342 e. The first kappa shape index (κ1) is 18.1. The van der Waals surface area contributed by atoms with Crippen LogP contribution in [0.15, 0.2) is 53.6 Å². The lowest BCUT2D eigenvalue weighted by molar-refractivity contribution is -0.115. The van der Waals surface area contributed by atoms with E-state index in [0.717, 1.165) is 16.7 Å². The second kappa shape index (κ2) is 7.69. The number of hydrogen-bond acceptors (Lipinski definition) is 4. The number of aromatic nitrogens is 3. The number of benzene rings is 1. The van der Waals surface area contributed by atoms with Crippen molar-refractivity contribution in [2.45, 2.75) is 6.92 Å². The van der Waals surface area contributed by atoms with Crippen LogP contribution in [-0.2, 0) is 11.8 Å². The Morgan fingerprint density at radius 3 is 2.56 bits per heavy atom. The summed E-state index contributed by atoms with van der Waals surface area (Å²) in [6.45, 7) is 1.72. The van der Waals surface area contributed by atoms with Gasteiger partial charge in [-0.05, 0) is 36.2 Å². The van der Waals surface area contributed by atoms with Crippen molar-refractivity contribution >= 4 is 17.5 Å². The van der Waals surface area contributed by atoms with Gasteiger partial charge in [-0.2, -0.15) is 5.10 Å². The first-order valence-corrected chi connectivity index (χ1v) is 8.30. The van der Waals surface area contributed by atoms with Crippen molar-refractivity contribution in [1.82, 2.24) is 20.1 Å². The van der Waals surface area contributed by atoms with Gasteiger partial charge in [0, 0.05) is 36.8 Å². The molecule has 2 heterocycles. The molecule has 0 radical (unpaired) electrons. The lowest BCUT2D eigenvalue weighted by Gasteiger charge is -2.09. The summed E-state index contributed by atoms with van der Waals surface area (Å²) in [6, 6.07) is 10.3. The maximum absolute atomic E-state index is 12.0. The molecule has 0 fully saturated rings. The Balaban J connectivity index is 1.59. The molecule has 3 rings (SSSR count). The average Bonchev–Trinajstić information content (AvgIpc) is 3.07. The van der Waals surface area contributed by atoms with Gasteiger partial charge in [-0.25, -0.2) is 0 Å². The Hall–Kier alpha value is -3.68. The highest BCUT2D eigenvalue weighted by Gasteiger charge is 2.11. The molecule has 138 valence electrons. The van der Waals surface area contributed by atoms with E-state index in [2.05, 4.69) is 20.7 Å². The molecular weight excluding hydrogens is 346 g/mol. The molecule has 1 aromatic carbocycles. The lowest BCUT2D eigenvalue weighted by atomic mass is 10.0. The summed E-state index contributed by atoms with van der Waals surface area (Å²) in [5.74, 6) is -0.701. The van der Waals surface area contributed by atoms with Crippen LogP contribution in [0.1, 0.15) is 16.1 Å². The van der Waals surface area contributed by atoms with Crippen molar-refractivity contribution in [3.8, 4) is 11.1 Å². The van der Waals surface area contributed by atoms with Crippen molar-refractivity contribution in [3.63, 3.8) is 0 Å². The second-order valence-electron chi connectivity index (χ2n) is 6.04. The molecule has 2 amide bonds. The van der Waals surface area contributed by atoms with Gasteiger partial charge < -0.3 is 15.6 Å². The molecule has 8 heteroatoms. The standard InChI is InChI=1S/C19H19N5O3/c1-12-9-17(25)20-10-15(12)13-3-5-14(6-4-13)23-18(26)11-21-19(27)16-7-8-22-24(16)2/h3-10H,11H2,1-2H3,(H,20,25)(H,21,27)(H,23,26). The van der Waals surface area contributed by atoms with Crippen molar-refractivity contribution in [3.05, 3.63) is 70.4 Å². The molecule has 0 bridgehead atoms. The van der Waals surface area contributed by atoms with E-state index in [0.29, 0.717) is 11.4 Å². The molecule has 0 atom stereocenters. The smallest absolute Gasteiger partial charge is 0.269 e. The monoisotopic (exact) mass is 365 g/mol. The van der Waals surface area contributed by atoms with Crippen molar-refractivity contribution < 1.29 is 9.59 Å². The zero-order valence-corrected chi connectivity index (χ0v) is 14.9. The fraction of sp³-hybridized carbons (Fsp3) is 0.158. The first-order chi connectivity index (χ1) is 12.9. The van der Waals surface area contributed by atoms with Gasteiger partial charge in [0.05, 0.1) is 6.54 Å². The lowest BCUT2D eigenvalue weighted by Crippen LogP contribution is -2.33. The molecule has 27 heavy (non-hydrogen) atoms. The Morgan fingerprint density at radius 2 is 1.93 bits per heavy atom. The fourth-order valence-corrected chi connectivity index (χ4v) is 2.67. The molecule has 0 unspecified atom stereocenters. The number of rotatable bonds is 5. The third-order valence-electron chi connectivity index (χ3n) is 4.07. The zero-order valence-electron chi connectivity index (χ0n) is 14.9. The highest BCUT2D eigenvalue weighted by atomic mass is 16.2. The van der Waals surface area contributed by atoms with E-state index in [-0.39, 0.29) is 23.9 Å². The predicted octanol–water partition coefficient (Wildman–Crippen LogP) is 1.45. The maximum Gasteiger partial charge on any atom is 0.269 e. The van der Waals surface area contributed by atoms with Gasteiger partial charge in [-0.3, -0.25) is 19.1 Å². The highest BCUT2D eigenvalue weighted by Crippen LogP contribution is 2.23. The second-order valence-corrected chi connectivity index (χ2v) is 6.04. The van der Waals surface area contributed by atoms with Gasteiger partial charge >= 0.3 is 0 Å². The van der Waals surface area contributed by atoms with Crippen LogP contribution in [0.3, 0.4) is 0 Å². The van der Waals surface area contributed by atoms with Crippen LogP contribution in [0.2, 0.25) is 0 Å². The van der Waals surface area contributed by atoms with Crippen LogP contribution >= 0.6 is 0 Å². The van der Waals surface area contributed by atoms with Crippen LogP contribution in [-0.4, -0.2) is 33.1 Å². The number of carbonyl (C=O) groups excluding carboxylic acids is 2. The molecule has 0 spiro atoms. The summed E-state index contributed by atoms with van der Waals surface area (Å²) < 4.78 is 1.44. The molecule has 0 saturated heterocycles. The van der Waals surface area contributed by atoms with E-state index in [1.54, 1.807) is 31.4 Å². The summed E-state index contributed by atoms with van der Waals surface area (Å²) >= 11 is 0. The van der Waals surface area contributed by atoms with Crippen LogP contribution in [0, 0.1) is 6.92 Å². The minimum absolute atomic E-state index is 0.145. The first-order valence-electron chi connectivity index (χ1n) is 8.30. The number of amides is 2. The third kappa shape index (κ3) is 4.30. The number of aromatic amines is 1. The van der Waals surface area contributed by atoms with E-state index in [9.17, 15) is 14.4 Å². The summed E-state index contributed by atoms with van der Waals surface area (Å²) in [5, 5.41) is 9.19. The summed E-state index contributed by atoms with van der Waals surface area (Å²) in [4.78, 5) is 38.0. The number of hydrogen-bond donors (Lipinski definition) is 3. The number of nitrogens with zero attached hydrogens (tertiary/aromatic N) is 2. The van der Waals surface area contributed by atoms with Gasteiger partial charge in [-0.15, -0.1) is 0 Å². The average molecular weight is 365 g/mol.